The fourth-order valence-corrected chi connectivity index (χ4v) is 1.19. The standard InChI is InChI=1S/C12H20N2O4/c15-11-13-5-3-9-17-7-1-2-8-18-10-4-6-14-12-16/h1-10H2. The molecule has 0 bridgehead atoms. The number of hydrogen-bond donors (Lipinski definition) is 0. The molecule has 0 unspecified atom stereocenters. The predicted molar refractivity (Wildman–Crippen MR) is 66.1 cm³/mol. The van der Waals surface area contributed by atoms with E-state index in [0.29, 0.717) is 39.5 Å². The van der Waals surface area contributed by atoms with E-state index in [-0.39, 0.29) is 0 Å². The van der Waals surface area contributed by atoms with Crippen LogP contribution >= 0.6 is 0 Å². The minimum atomic E-state index is 0.482. The Kier molecular flexibility index (Phi) is 14.5. The van der Waals surface area contributed by atoms with Crippen molar-refractivity contribution in [2.45, 2.75) is 25.7 Å². The van der Waals surface area contributed by atoms with Crippen LogP contribution < -0.4 is 0 Å². The Balaban J connectivity index is 2.98. The van der Waals surface area contributed by atoms with E-state index in [1.165, 1.54) is 12.2 Å². The van der Waals surface area contributed by atoms with E-state index in [1.807, 2.05) is 0 Å². The highest BCUT2D eigenvalue weighted by Crippen LogP contribution is 1.94. The Morgan fingerprint density at radius 3 is 1.44 bits per heavy atom. The quantitative estimate of drug-likeness (QED) is 0.282. The second-order valence-corrected chi connectivity index (χ2v) is 3.58. The molecule has 0 N–H and O–H groups in total. The van der Waals surface area contributed by atoms with E-state index in [2.05, 4.69) is 9.98 Å². The molecule has 0 saturated heterocycles. The first-order valence-electron chi connectivity index (χ1n) is 6.14. The molecule has 18 heavy (non-hydrogen) atoms. The van der Waals surface area contributed by atoms with Crippen molar-refractivity contribution in [2.75, 3.05) is 39.5 Å². The lowest BCUT2D eigenvalue weighted by atomic mass is 10.3. The predicted octanol–water partition coefficient (Wildman–Crippen LogP) is 1.25. The minimum absolute atomic E-state index is 0.482. The molecule has 0 aliphatic rings. The van der Waals surface area contributed by atoms with Gasteiger partial charge in [0.05, 0.1) is 13.1 Å². The lowest BCUT2D eigenvalue weighted by molar-refractivity contribution is 0.102. The molecule has 0 rings (SSSR count). The van der Waals surface area contributed by atoms with Gasteiger partial charge in [0.2, 0.25) is 12.2 Å². The van der Waals surface area contributed by atoms with E-state index in [0.717, 1.165) is 25.7 Å². The van der Waals surface area contributed by atoms with Crippen LogP contribution in [0.15, 0.2) is 9.98 Å². The molecule has 6 nitrogen and oxygen atoms in total. The van der Waals surface area contributed by atoms with Crippen molar-refractivity contribution in [1.82, 2.24) is 0 Å². The molecule has 0 aromatic rings. The molecule has 0 heterocycles. The topological polar surface area (TPSA) is 77.3 Å². The zero-order valence-electron chi connectivity index (χ0n) is 10.6. The number of aliphatic imine (C=N–C) groups is 2. The van der Waals surface area contributed by atoms with Crippen LogP contribution in [-0.2, 0) is 19.1 Å². The number of ether oxygens (including phenoxy) is 2. The van der Waals surface area contributed by atoms with Gasteiger partial charge in [-0.15, -0.1) is 0 Å². The summed E-state index contributed by atoms with van der Waals surface area (Å²) in [5.74, 6) is 0. The van der Waals surface area contributed by atoms with Crippen molar-refractivity contribution in [3.63, 3.8) is 0 Å². The molecular weight excluding hydrogens is 236 g/mol. The Hall–Kier alpha value is -1.32. The monoisotopic (exact) mass is 256 g/mol. The van der Waals surface area contributed by atoms with E-state index >= 15 is 0 Å². The first kappa shape index (κ1) is 16.7. The molecule has 0 radical (unpaired) electrons. The Bertz CT molecular complexity index is 243. The van der Waals surface area contributed by atoms with Gasteiger partial charge in [0, 0.05) is 26.4 Å². The molecular formula is C12H20N2O4. The van der Waals surface area contributed by atoms with Gasteiger partial charge in [0.25, 0.3) is 0 Å². The van der Waals surface area contributed by atoms with Gasteiger partial charge < -0.3 is 9.47 Å². The van der Waals surface area contributed by atoms with Crippen LogP contribution in [0.25, 0.3) is 0 Å². The summed E-state index contributed by atoms with van der Waals surface area (Å²) in [6, 6.07) is 0. The van der Waals surface area contributed by atoms with E-state index < -0.39 is 0 Å². The van der Waals surface area contributed by atoms with Crippen LogP contribution in [0.4, 0.5) is 0 Å². The molecule has 0 aliphatic carbocycles. The molecule has 0 spiro atoms. The number of carbonyl (C=O) groups excluding carboxylic acids is 2. The molecule has 0 aromatic heterocycles. The molecule has 0 atom stereocenters. The molecule has 6 heteroatoms. The van der Waals surface area contributed by atoms with Gasteiger partial charge in [-0.25, -0.2) is 19.6 Å². The minimum Gasteiger partial charge on any atom is -0.381 e. The van der Waals surface area contributed by atoms with Gasteiger partial charge in [-0.1, -0.05) is 0 Å². The van der Waals surface area contributed by atoms with Crippen molar-refractivity contribution in [1.29, 1.82) is 0 Å². The fraction of sp³-hybridized carbons (Fsp3) is 0.833. The maximum absolute atomic E-state index is 9.75. The first-order valence-corrected chi connectivity index (χ1v) is 6.14. The highest BCUT2D eigenvalue weighted by molar-refractivity contribution is 5.32. The summed E-state index contributed by atoms with van der Waals surface area (Å²) >= 11 is 0. The molecule has 102 valence electrons. The summed E-state index contributed by atoms with van der Waals surface area (Å²) in [5, 5.41) is 0. The van der Waals surface area contributed by atoms with Crippen molar-refractivity contribution in [3.05, 3.63) is 0 Å². The molecule has 0 fully saturated rings. The Morgan fingerprint density at radius 2 is 1.06 bits per heavy atom. The zero-order chi connectivity index (χ0) is 13.3. The Labute approximate surface area is 107 Å². The van der Waals surface area contributed by atoms with Crippen LogP contribution in [0.3, 0.4) is 0 Å². The van der Waals surface area contributed by atoms with Crippen molar-refractivity contribution < 1.29 is 19.1 Å². The second kappa shape index (κ2) is 15.7. The summed E-state index contributed by atoms with van der Waals surface area (Å²) in [4.78, 5) is 26.4. The van der Waals surface area contributed by atoms with Crippen LogP contribution in [-0.4, -0.2) is 51.7 Å². The van der Waals surface area contributed by atoms with Crippen LogP contribution in [0, 0.1) is 0 Å². The smallest absolute Gasteiger partial charge is 0.234 e. The lowest BCUT2D eigenvalue weighted by Crippen LogP contribution is -2.02. The molecule has 0 aliphatic heterocycles. The highest BCUT2D eigenvalue weighted by Gasteiger charge is 1.92. The van der Waals surface area contributed by atoms with Crippen molar-refractivity contribution >= 4 is 12.2 Å². The third-order valence-corrected chi connectivity index (χ3v) is 2.07. The third kappa shape index (κ3) is 14.7. The number of rotatable bonds is 13. The van der Waals surface area contributed by atoms with Crippen LogP contribution in [0.2, 0.25) is 0 Å². The molecule has 0 amide bonds. The van der Waals surface area contributed by atoms with Crippen molar-refractivity contribution in [2.24, 2.45) is 9.98 Å². The van der Waals surface area contributed by atoms with Gasteiger partial charge in [0.15, 0.2) is 0 Å². The Morgan fingerprint density at radius 1 is 0.667 bits per heavy atom. The number of unbranched alkanes of at least 4 members (excludes halogenated alkanes) is 1. The summed E-state index contributed by atoms with van der Waals surface area (Å²) in [6.07, 6.45) is 6.37. The fourth-order valence-electron chi connectivity index (χ4n) is 1.19. The van der Waals surface area contributed by atoms with Gasteiger partial charge in [-0.05, 0) is 25.7 Å². The maximum Gasteiger partial charge on any atom is 0.234 e. The second-order valence-electron chi connectivity index (χ2n) is 3.58. The lowest BCUT2D eigenvalue weighted by Gasteiger charge is -2.04. The average molecular weight is 256 g/mol. The SMILES string of the molecule is O=C=NCCCOCCCCOCCCN=C=O. The highest BCUT2D eigenvalue weighted by atomic mass is 16.5. The first-order chi connectivity index (χ1) is 8.91. The van der Waals surface area contributed by atoms with Crippen molar-refractivity contribution in [3.8, 4) is 0 Å². The summed E-state index contributed by atoms with van der Waals surface area (Å²) in [6.45, 7) is 3.60. The molecule has 0 saturated carbocycles. The van der Waals surface area contributed by atoms with Gasteiger partial charge in [-0.3, -0.25) is 0 Å². The number of hydrogen-bond acceptors (Lipinski definition) is 6. The third-order valence-electron chi connectivity index (χ3n) is 2.07. The average Bonchev–Trinajstić information content (AvgIpc) is 2.39. The number of nitrogens with zero attached hydrogens (tertiary/aromatic N) is 2. The van der Waals surface area contributed by atoms with Gasteiger partial charge >= 0.3 is 0 Å². The van der Waals surface area contributed by atoms with Gasteiger partial charge in [0.1, 0.15) is 0 Å². The molecule has 0 aromatic carbocycles. The maximum atomic E-state index is 9.75. The summed E-state index contributed by atoms with van der Waals surface area (Å²) in [5.41, 5.74) is 0. The van der Waals surface area contributed by atoms with E-state index in [9.17, 15) is 9.59 Å². The normalized spacial score (nSPS) is 9.56. The zero-order valence-corrected chi connectivity index (χ0v) is 10.6. The number of isocyanates is 2. The van der Waals surface area contributed by atoms with Crippen LogP contribution in [0.1, 0.15) is 25.7 Å². The van der Waals surface area contributed by atoms with E-state index in [1.54, 1.807) is 0 Å². The largest absolute Gasteiger partial charge is 0.381 e. The van der Waals surface area contributed by atoms with Gasteiger partial charge in [-0.2, -0.15) is 0 Å². The van der Waals surface area contributed by atoms with E-state index in [4.69, 9.17) is 9.47 Å². The summed E-state index contributed by atoms with van der Waals surface area (Å²) in [7, 11) is 0. The summed E-state index contributed by atoms with van der Waals surface area (Å²) < 4.78 is 10.7. The van der Waals surface area contributed by atoms with Crippen LogP contribution in [0.5, 0.6) is 0 Å².